The number of rotatable bonds is 1. The number of amides is 2. The summed E-state index contributed by atoms with van der Waals surface area (Å²) in [6.07, 6.45) is 3.23. The van der Waals surface area contributed by atoms with Gasteiger partial charge >= 0.3 is 12.0 Å². The van der Waals surface area contributed by atoms with Crippen LogP contribution in [0.15, 0.2) is 24.3 Å². The standard InChI is InChI=1S/C16H20N2O3/c19-15(20)14-8-4-10-18(14)16(21)17-9-3-7-12-5-1-2-6-13(12)11-17/h1-2,5-6,14H,3-4,7-11H2,(H,19,20)/t14-/m1/s1. The second-order valence-electron chi connectivity index (χ2n) is 5.77. The minimum Gasteiger partial charge on any atom is -0.480 e. The number of likely N-dealkylation sites (tertiary alicyclic amines) is 1. The zero-order valence-electron chi connectivity index (χ0n) is 12.0. The fourth-order valence-corrected chi connectivity index (χ4v) is 3.30. The van der Waals surface area contributed by atoms with Gasteiger partial charge in [-0.1, -0.05) is 24.3 Å². The molecule has 0 radical (unpaired) electrons. The Kier molecular flexibility index (Phi) is 3.82. The number of carbonyl (C=O) groups is 2. The average molecular weight is 288 g/mol. The highest BCUT2D eigenvalue weighted by Gasteiger charge is 2.36. The first-order chi connectivity index (χ1) is 10.2. The summed E-state index contributed by atoms with van der Waals surface area (Å²) >= 11 is 0. The lowest BCUT2D eigenvalue weighted by molar-refractivity contribution is -0.141. The van der Waals surface area contributed by atoms with Crippen LogP contribution >= 0.6 is 0 Å². The van der Waals surface area contributed by atoms with E-state index < -0.39 is 12.0 Å². The van der Waals surface area contributed by atoms with E-state index in [4.69, 9.17) is 0 Å². The Labute approximate surface area is 124 Å². The molecule has 0 bridgehead atoms. The van der Waals surface area contributed by atoms with E-state index in [1.807, 2.05) is 12.1 Å². The SMILES string of the molecule is O=C(O)[C@H]1CCCN1C(=O)N1CCCc2ccccc2C1. The van der Waals surface area contributed by atoms with Crippen LogP contribution in [0.1, 0.15) is 30.4 Å². The number of carboxylic acid groups (broad SMARTS) is 1. The van der Waals surface area contributed by atoms with E-state index in [1.165, 1.54) is 16.0 Å². The highest BCUT2D eigenvalue weighted by molar-refractivity contribution is 5.83. The van der Waals surface area contributed by atoms with Gasteiger partial charge in [0.25, 0.3) is 0 Å². The maximum atomic E-state index is 12.7. The predicted molar refractivity (Wildman–Crippen MR) is 77.9 cm³/mol. The van der Waals surface area contributed by atoms with Crippen molar-refractivity contribution in [2.45, 2.75) is 38.3 Å². The van der Waals surface area contributed by atoms with Gasteiger partial charge in [-0.15, -0.1) is 0 Å². The number of benzene rings is 1. The van der Waals surface area contributed by atoms with E-state index in [-0.39, 0.29) is 6.03 Å². The van der Waals surface area contributed by atoms with E-state index >= 15 is 0 Å². The number of hydrogen-bond donors (Lipinski definition) is 1. The van der Waals surface area contributed by atoms with Gasteiger partial charge in [0.05, 0.1) is 0 Å². The van der Waals surface area contributed by atoms with Gasteiger partial charge in [0.2, 0.25) is 0 Å². The maximum absolute atomic E-state index is 12.7. The molecule has 21 heavy (non-hydrogen) atoms. The summed E-state index contributed by atoms with van der Waals surface area (Å²) in [5.41, 5.74) is 2.47. The monoisotopic (exact) mass is 288 g/mol. The predicted octanol–water partition coefficient (Wildman–Crippen LogP) is 2.10. The lowest BCUT2D eigenvalue weighted by atomic mass is 10.0. The molecule has 1 fully saturated rings. The minimum absolute atomic E-state index is 0.128. The number of aliphatic carboxylic acids is 1. The normalized spacial score (nSPS) is 21.8. The van der Waals surface area contributed by atoms with Crippen LogP contribution in [0.2, 0.25) is 0 Å². The third-order valence-corrected chi connectivity index (χ3v) is 4.41. The van der Waals surface area contributed by atoms with Crippen molar-refractivity contribution in [1.82, 2.24) is 9.80 Å². The van der Waals surface area contributed by atoms with Crippen LogP contribution in [0, 0.1) is 0 Å². The molecular formula is C16H20N2O3. The topological polar surface area (TPSA) is 60.9 Å². The average Bonchev–Trinajstić information content (AvgIpc) is 2.87. The Morgan fingerprint density at radius 1 is 1.10 bits per heavy atom. The number of hydrogen-bond acceptors (Lipinski definition) is 2. The van der Waals surface area contributed by atoms with Gasteiger partial charge in [0.1, 0.15) is 6.04 Å². The van der Waals surface area contributed by atoms with Crippen molar-refractivity contribution in [3.05, 3.63) is 35.4 Å². The molecule has 5 nitrogen and oxygen atoms in total. The summed E-state index contributed by atoms with van der Waals surface area (Å²) in [6.45, 7) is 1.82. The molecule has 1 N–H and O–H groups in total. The summed E-state index contributed by atoms with van der Waals surface area (Å²) < 4.78 is 0. The molecule has 0 aliphatic carbocycles. The second kappa shape index (κ2) is 5.76. The molecule has 2 aliphatic rings. The molecule has 1 atom stereocenters. The quantitative estimate of drug-likeness (QED) is 0.861. The van der Waals surface area contributed by atoms with Gasteiger partial charge in [0.15, 0.2) is 0 Å². The molecule has 5 heteroatoms. The van der Waals surface area contributed by atoms with E-state index in [0.29, 0.717) is 26.1 Å². The Hall–Kier alpha value is -2.04. The van der Waals surface area contributed by atoms with Crippen LogP contribution in [0.3, 0.4) is 0 Å². The first-order valence-electron chi connectivity index (χ1n) is 7.52. The largest absolute Gasteiger partial charge is 0.480 e. The Bertz CT molecular complexity index is 558. The molecule has 0 aromatic heterocycles. The van der Waals surface area contributed by atoms with Crippen molar-refractivity contribution in [1.29, 1.82) is 0 Å². The maximum Gasteiger partial charge on any atom is 0.326 e. The van der Waals surface area contributed by atoms with Crippen LogP contribution in [-0.2, 0) is 17.8 Å². The van der Waals surface area contributed by atoms with Gasteiger partial charge in [-0.2, -0.15) is 0 Å². The van der Waals surface area contributed by atoms with Crippen LogP contribution < -0.4 is 0 Å². The van der Waals surface area contributed by atoms with Crippen molar-refractivity contribution in [3.8, 4) is 0 Å². The molecular weight excluding hydrogens is 268 g/mol. The molecule has 1 saturated heterocycles. The van der Waals surface area contributed by atoms with Gasteiger partial charge < -0.3 is 14.9 Å². The molecule has 0 saturated carbocycles. The van der Waals surface area contributed by atoms with Crippen molar-refractivity contribution < 1.29 is 14.7 Å². The number of urea groups is 1. The zero-order chi connectivity index (χ0) is 14.8. The molecule has 2 heterocycles. The first kappa shape index (κ1) is 13.9. The number of fused-ring (bicyclic) bond motifs is 1. The van der Waals surface area contributed by atoms with Gasteiger partial charge in [-0.05, 0) is 36.8 Å². The molecule has 112 valence electrons. The lowest BCUT2D eigenvalue weighted by Crippen LogP contribution is -2.47. The summed E-state index contributed by atoms with van der Waals surface area (Å²) in [6, 6.07) is 7.39. The minimum atomic E-state index is -0.893. The molecule has 3 rings (SSSR count). The van der Waals surface area contributed by atoms with Crippen LogP contribution in [0.4, 0.5) is 4.79 Å². The smallest absolute Gasteiger partial charge is 0.326 e. The van der Waals surface area contributed by atoms with Gasteiger partial charge in [0, 0.05) is 19.6 Å². The molecule has 1 aromatic rings. The molecule has 2 aliphatic heterocycles. The third-order valence-electron chi connectivity index (χ3n) is 4.41. The highest BCUT2D eigenvalue weighted by Crippen LogP contribution is 2.23. The fourth-order valence-electron chi connectivity index (χ4n) is 3.30. The van der Waals surface area contributed by atoms with Gasteiger partial charge in [-0.25, -0.2) is 9.59 Å². The van der Waals surface area contributed by atoms with Crippen LogP contribution in [0.25, 0.3) is 0 Å². The molecule has 1 aromatic carbocycles. The molecule has 2 amide bonds. The van der Waals surface area contributed by atoms with E-state index in [9.17, 15) is 14.7 Å². The van der Waals surface area contributed by atoms with Crippen LogP contribution in [-0.4, -0.2) is 46.0 Å². The Morgan fingerprint density at radius 3 is 2.62 bits per heavy atom. The number of nitrogens with zero attached hydrogens (tertiary/aromatic N) is 2. The first-order valence-corrected chi connectivity index (χ1v) is 7.52. The zero-order valence-corrected chi connectivity index (χ0v) is 12.0. The lowest BCUT2D eigenvalue weighted by Gasteiger charge is -2.29. The van der Waals surface area contributed by atoms with Crippen molar-refractivity contribution in [2.24, 2.45) is 0 Å². The molecule has 0 unspecified atom stereocenters. The summed E-state index contributed by atoms with van der Waals surface area (Å²) in [7, 11) is 0. The summed E-state index contributed by atoms with van der Waals surface area (Å²) in [5.74, 6) is -0.893. The summed E-state index contributed by atoms with van der Waals surface area (Å²) in [5, 5.41) is 9.23. The molecule has 0 spiro atoms. The number of carboxylic acids is 1. The van der Waals surface area contributed by atoms with Crippen molar-refractivity contribution in [2.75, 3.05) is 13.1 Å². The fraction of sp³-hybridized carbons (Fsp3) is 0.500. The highest BCUT2D eigenvalue weighted by atomic mass is 16.4. The van der Waals surface area contributed by atoms with Crippen LogP contribution in [0.5, 0.6) is 0 Å². The summed E-state index contributed by atoms with van der Waals surface area (Å²) in [4.78, 5) is 27.2. The Balaban J connectivity index is 1.77. The van der Waals surface area contributed by atoms with E-state index in [0.717, 1.165) is 19.3 Å². The van der Waals surface area contributed by atoms with Crippen molar-refractivity contribution >= 4 is 12.0 Å². The van der Waals surface area contributed by atoms with E-state index in [1.54, 1.807) is 4.90 Å². The number of aryl methyl sites for hydroxylation is 1. The van der Waals surface area contributed by atoms with Gasteiger partial charge in [-0.3, -0.25) is 0 Å². The number of carbonyl (C=O) groups excluding carboxylic acids is 1. The van der Waals surface area contributed by atoms with E-state index in [2.05, 4.69) is 12.1 Å². The third kappa shape index (κ3) is 2.73. The van der Waals surface area contributed by atoms with Crippen molar-refractivity contribution in [3.63, 3.8) is 0 Å². The Morgan fingerprint density at radius 2 is 1.86 bits per heavy atom. The second-order valence-corrected chi connectivity index (χ2v) is 5.77.